The number of azo groups is 1. The second-order valence-corrected chi connectivity index (χ2v) is 10.7. The molecule has 0 bridgehead atoms. The normalized spacial score (nSPS) is 16.5. The SMILES string of the molecule is CCCCCn1c(N2CCC[C@H]2C(=O)Nc2cccc(C3=NCN=N3)c2)cc(=O)n2cc(-c3ccc(Cl)cc3)nc12. The Morgan fingerprint density at radius 1 is 1.10 bits per heavy atom. The second kappa shape index (κ2) is 11.7. The molecule has 10 nitrogen and oxygen atoms in total. The summed E-state index contributed by atoms with van der Waals surface area (Å²) in [7, 11) is 0. The van der Waals surface area contributed by atoms with Gasteiger partial charge in [0.1, 0.15) is 11.9 Å². The molecule has 0 unspecified atom stereocenters. The summed E-state index contributed by atoms with van der Waals surface area (Å²) in [6.07, 6.45) is 6.35. The number of halogens is 1. The first-order valence-corrected chi connectivity index (χ1v) is 14.4. The van der Waals surface area contributed by atoms with Crippen molar-refractivity contribution in [3.8, 4) is 11.3 Å². The van der Waals surface area contributed by atoms with E-state index in [1.165, 1.54) is 0 Å². The summed E-state index contributed by atoms with van der Waals surface area (Å²) >= 11 is 6.09. The minimum Gasteiger partial charge on any atom is -0.346 e. The number of carbonyl (C=O) groups excluding carboxylic acids is 1. The molecule has 0 spiro atoms. The summed E-state index contributed by atoms with van der Waals surface area (Å²) < 4.78 is 3.69. The predicted molar refractivity (Wildman–Crippen MR) is 161 cm³/mol. The molecule has 4 aromatic rings. The molecule has 2 aliphatic rings. The largest absolute Gasteiger partial charge is 0.346 e. The number of carbonyl (C=O) groups is 1. The number of fused-ring (bicyclic) bond motifs is 1. The van der Waals surface area contributed by atoms with E-state index >= 15 is 0 Å². The van der Waals surface area contributed by atoms with Crippen LogP contribution in [0.4, 0.5) is 11.5 Å². The van der Waals surface area contributed by atoms with Gasteiger partial charge in [-0.05, 0) is 43.5 Å². The molecule has 0 saturated carbocycles. The zero-order chi connectivity index (χ0) is 28.3. The zero-order valence-electron chi connectivity index (χ0n) is 22.8. The Labute approximate surface area is 242 Å². The number of aromatic nitrogens is 3. The van der Waals surface area contributed by atoms with Crippen LogP contribution in [-0.2, 0) is 11.3 Å². The van der Waals surface area contributed by atoms with Crippen LogP contribution in [0.3, 0.4) is 0 Å². The minimum absolute atomic E-state index is 0.118. The van der Waals surface area contributed by atoms with Crippen LogP contribution < -0.4 is 15.8 Å². The van der Waals surface area contributed by atoms with E-state index in [1.54, 1.807) is 16.7 Å². The van der Waals surface area contributed by atoms with E-state index in [1.807, 2.05) is 48.5 Å². The third kappa shape index (κ3) is 5.52. The summed E-state index contributed by atoms with van der Waals surface area (Å²) in [5, 5.41) is 11.7. The van der Waals surface area contributed by atoms with Gasteiger partial charge in [-0.2, -0.15) is 5.11 Å². The number of amides is 1. The van der Waals surface area contributed by atoms with Crippen molar-refractivity contribution in [3.63, 3.8) is 0 Å². The highest BCUT2D eigenvalue weighted by atomic mass is 35.5. The fourth-order valence-corrected chi connectivity index (χ4v) is 5.59. The van der Waals surface area contributed by atoms with Gasteiger partial charge in [0, 0.05) is 47.2 Å². The molecule has 1 N–H and O–H groups in total. The van der Waals surface area contributed by atoms with Crippen LogP contribution in [0.2, 0.25) is 5.02 Å². The molecule has 0 aliphatic carbocycles. The first kappa shape index (κ1) is 26.9. The van der Waals surface area contributed by atoms with Gasteiger partial charge in [-0.25, -0.2) is 9.98 Å². The van der Waals surface area contributed by atoms with E-state index in [-0.39, 0.29) is 11.5 Å². The molecule has 4 heterocycles. The van der Waals surface area contributed by atoms with Crippen molar-refractivity contribution in [2.75, 3.05) is 23.4 Å². The van der Waals surface area contributed by atoms with E-state index in [4.69, 9.17) is 16.6 Å². The van der Waals surface area contributed by atoms with Gasteiger partial charge in [0.05, 0.1) is 5.69 Å². The average molecular weight is 571 g/mol. The number of hydrogen-bond donors (Lipinski definition) is 1. The van der Waals surface area contributed by atoms with E-state index in [9.17, 15) is 9.59 Å². The Hall–Kier alpha value is -4.31. The monoisotopic (exact) mass is 570 g/mol. The van der Waals surface area contributed by atoms with E-state index < -0.39 is 6.04 Å². The third-order valence-corrected chi connectivity index (χ3v) is 7.76. The Balaban J connectivity index is 1.34. The van der Waals surface area contributed by atoms with Crippen LogP contribution in [0, 0.1) is 0 Å². The van der Waals surface area contributed by atoms with Crippen molar-refractivity contribution >= 4 is 40.6 Å². The Kier molecular flexibility index (Phi) is 7.65. The summed E-state index contributed by atoms with van der Waals surface area (Å²) in [4.78, 5) is 38.2. The lowest BCUT2D eigenvalue weighted by molar-refractivity contribution is -0.117. The highest BCUT2D eigenvalue weighted by Gasteiger charge is 2.33. The van der Waals surface area contributed by atoms with Gasteiger partial charge >= 0.3 is 0 Å². The predicted octanol–water partition coefficient (Wildman–Crippen LogP) is 5.78. The smallest absolute Gasteiger partial charge is 0.261 e. The van der Waals surface area contributed by atoms with Gasteiger partial charge < -0.3 is 10.2 Å². The Bertz CT molecular complexity index is 1710. The molecule has 11 heteroatoms. The number of imidazole rings is 1. The average Bonchev–Trinajstić information content (AvgIpc) is 3.76. The lowest BCUT2D eigenvalue weighted by Crippen LogP contribution is -2.42. The number of rotatable bonds is 9. The van der Waals surface area contributed by atoms with Gasteiger partial charge in [-0.1, -0.05) is 55.6 Å². The maximum Gasteiger partial charge on any atom is 0.261 e. The summed E-state index contributed by atoms with van der Waals surface area (Å²) in [5.41, 5.74) is 2.87. The molecule has 1 fully saturated rings. The summed E-state index contributed by atoms with van der Waals surface area (Å²) in [5.74, 6) is 1.73. The second-order valence-electron chi connectivity index (χ2n) is 10.3. The highest BCUT2D eigenvalue weighted by Crippen LogP contribution is 2.29. The maximum atomic E-state index is 13.6. The van der Waals surface area contributed by atoms with Crippen LogP contribution in [-0.4, -0.2) is 44.9 Å². The number of aryl methyl sites for hydroxylation is 1. The summed E-state index contributed by atoms with van der Waals surface area (Å²) in [6, 6.07) is 16.1. The highest BCUT2D eigenvalue weighted by molar-refractivity contribution is 6.30. The van der Waals surface area contributed by atoms with Crippen LogP contribution in [0.25, 0.3) is 17.0 Å². The molecule has 0 radical (unpaired) electrons. The van der Waals surface area contributed by atoms with Crippen molar-refractivity contribution in [1.82, 2.24) is 14.0 Å². The summed E-state index contributed by atoms with van der Waals surface area (Å²) in [6.45, 7) is 3.84. The quantitative estimate of drug-likeness (QED) is 0.257. The van der Waals surface area contributed by atoms with Crippen LogP contribution in [0.1, 0.15) is 44.6 Å². The number of nitrogens with zero attached hydrogens (tertiary/aromatic N) is 7. The van der Waals surface area contributed by atoms with Crippen molar-refractivity contribution in [3.05, 3.63) is 81.7 Å². The molecule has 41 heavy (non-hydrogen) atoms. The van der Waals surface area contributed by atoms with E-state index in [2.05, 4.69) is 36.9 Å². The number of nitrogens with one attached hydrogen (secondary N) is 1. The fraction of sp³-hybridized carbons (Fsp3) is 0.333. The number of anilines is 2. The van der Waals surface area contributed by atoms with Gasteiger partial charge in [0.25, 0.3) is 5.56 Å². The van der Waals surface area contributed by atoms with Crippen molar-refractivity contribution in [2.45, 2.75) is 51.6 Å². The van der Waals surface area contributed by atoms with E-state index in [0.29, 0.717) is 54.2 Å². The Morgan fingerprint density at radius 2 is 1.95 bits per heavy atom. The zero-order valence-corrected chi connectivity index (χ0v) is 23.6. The molecule has 1 saturated heterocycles. The van der Waals surface area contributed by atoms with Crippen molar-refractivity contribution in [1.29, 1.82) is 0 Å². The lowest BCUT2D eigenvalue weighted by Gasteiger charge is -2.29. The van der Waals surface area contributed by atoms with Gasteiger partial charge in [0.15, 0.2) is 12.5 Å². The molecule has 2 aliphatic heterocycles. The third-order valence-electron chi connectivity index (χ3n) is 7.51. The molecule has 210 valence electrons. The van der Waals surface area contributed by atoms with Crippen LogP contribution in [0.15, 0.2) is 80.8 Å². The van der Waals surface area contributed by atoms with Gasteiger partial charge in [0.2, 0.25) is 11.7 Å². The number of benzene rings is 2. The first-order valence-electron chi connectivity index (χ1n) is 14.0. The number of aliphatic imine (C=N–C) groups is 1. The molecule has 1 amide bonds. The molecule has 1 atom stereocenters. The fourth-order valence-electron chi connectivity index (χ4n) is 5.47. The lowest BCUT2D eigenvalue weighted by atomic mass is 10.1. The van der Waals surface area contributed by atoms with Crippen LogP contribution >= 0.6 is 11.6 Å². The minimum atomic E-state index is -0.424. The van der Waals surface area contributed by atoms with Gasteiger partial charge in [-0.3, -0.25) is 18.6 Å². The number of unbranched alkanes of at least 4 members (excludes halogenated alkanes) is 2. The van der Waals surface area contributed by atoms with Crippen molar-refractivity contribution in [2.24, 2.45) is 15.2 Å². The standard InChI is InChI=1S/C30H31ClN8O2/c1-2-3-4-14-38-26(17-27(40)39-18-24(35-30(38)39)20-10-12-22(31)13-11-20)37-15-6-9-25(37)29(41)34-23-8-5-7-21(16-23)28-32-19-33-36-28/h5,7-8,10-13,16-18,25H,2-4,6,9,14-15,19H2,1H3,(H,34,41)/t25-/m0/s1. The van der Waals surface area contributed by atoms with Crippen LogP contribution in [0.5, 0.6) is 0 Å². The topological polar surface area (TPSA) is 109 Å². The maximum absolute atomic E-state index is 13.6. The molecule has 2 aromatic carbocycles. The number of hydrogen-bond acceptors (Lipinski definition) is 7. The number of amidine groups is 1. The molecule has 6 rings (SSSR count). The molecular weight excluding hydrogens is 540 g/mol. The van der Waals surface area contributed by atoms with E-state index in [0.717, 1.165) is 42.6 Å². The Morgan fingerprint density at radius 3 is 2.73 bits per heavy atom. The molecule has 2 aromatic heterocycles. The van der Waals surface area contributed by atoms with Gasteiger partial charge in [-0.15, -0.1) is 5.11 Å². The van der Waals surface area contributed by atoms with Crippen molar-refractivity contribution < 1.29 is 4.79 Å². The molecular formula is C30H31ClN8O2. The first-order chi connectivity index (χ1) is 20.0.